The second-order valence-electron chi connectivity index (χ2n) is 3.78. The monoisotopic (exact) mass is 350 g/mol. The van der Waals surface area contributed by atoms with Crippen LogP contribution >= 0.6 is 0 Å². The number of hydrogen-bond acceptors (Lipinski definition) is 5. The fourth-order valence-electron chi connectivity index (χ4n) is 1.61. The van der Waals surface area contributed by atoms with E-state index < -0.39 is 30.9 Å². The normalized spacial score (nSPS) is 11.5. The maximum absolute atomic E-state index is 11.0. The first kappa shape index (κ1) is 21.3. The van der Waals surface area contributed by atoms with Gasteiger partial charge in [0, 0.05) is 59.1 Å². The maximum Gasteiger partial charge on any atom is 0.298 e. The Morgan fingerprint density at radius 1 is 0.762 bits per heavy atom. The van der Waals surface area contributed by atoms with Gasteiger partial charge in [-0.1, -0.05) is 6.07 Å². The van der Waals surface area contributed by atoms with Gasteiger partial charge in [0.05, 0.1) is 4.90 Å². The Morgan fingerprint density at radius 3 is 1.81 bits per heavy atom. The number of rotatable bonds is 2. The smallest absolute Gasteiger partial charge is 0.298 e. The predicted molar refractivity (Wildman–Crippen MR) is 76.8 cm³/mol. The Kier molecular flexibility index (Phi) is 7.37. The molecule has 0 saturated heterocycles. The Balaban J connectivity index is 0.00000200. The van der Waals surface area contributed by atoms with Crippen LogP contribution in [0.5, 0.6) is 5.75 Å². The van der Waals surface area contributed by atoms with Gasteiger partial charge < -0.3 is 5.11 Å². The van der Waals surface area contributed by atoms with Crippen molar-refractivity contribution in [2.24, 2.45) is 0 Å². The van der Waals surface area contributed by atoms with Crippen LogP contribution in [0.15, 0.2) is 40.1 Å². The molecule has 0 atom stereocenters. The summed E-state index contributed by atoms with van der Waals surface area (Å²) < 4.78 is 61.6. The molecule has 3 N–H and O–H groups in total. The average Bonchev–Trinajstić information content (AvgIpc) is 2.24. The molecule has 0 fully saturated rings. The standard InChI is InChI=1S/C10H8O7S2.2Na/c11-9-4-7-3-8(18(12,13)14)2-1-6(7)5-10(9)19(15,16)17;;/h1-5,11H,(H,12,13,14)(H,15,16,17);;. The van der Waals surface area contributed by atoms with E-state index in [2.05, 4.69) is 0 Å². The van der Waals surface area contributed by atoms with Crippen LogP contribution in [0.4, 0.5) is 0 Å². The third kappa shape index (κ3) is 4.90. The molecular formula is C10H8Na2O7S2. The topological polar surface area (TPSA) is 129 Å². The molecule has 7 nitrogen and oxygen atoms in total. The summed E-state index contributed by atoms with van der Waals surface area (Å²) in [6.45, 7) is 0. The van der Waals surface area contributed by atoms with Crippen molar-refractivity contribution >= 4 is 90.1 Å². The zero-order valence-electron chi connectivity index (χ0n) is 11.2. The molecule has 104 valence electrons. The van der Waals surface area contributed by atoms with Crippen molar-refractivity contribution in [3.05, 3.63) is 30.3 Å². The van der Waals surface area contributed by atoms with Gasteiger partial charge in [0.15, 0.2) is 0 Å². The Bertz CT molecular complexity index is 876. The van der Waals surface area contributed by atoms with Crippen molar-refractivity contribution in [1.29, 1.82) is 0 Å². The van der Waals surface area contributed by atoms with E-state index in [1.54, 1.807) is 0 Å². The molecule has 0 aliphatic heterocycles. The molecule has 0 amide bonds. The third-order valence-corrected chi connectivity index (χ3v) is 4.20. The van der Waals surface area contributed by atoms with E-state index in [0.717, 1.165) is 24.3 Å². The summed E-state index contributed by atoms with van der Waals surface area (Å²) in [5.41, 5.74) is 0. The van der Waals surface area contributed by atoms with Crippen LogP contribution in [0.3, 0.4) is 0 Å². The SMILES string of the molecule is O=S(=O)(O)c1ccc2cc(S(=O)(=O)O)c(O)cc2c1.[Na].[Na]. The van der Waals surface area contributed by atoms with Gasteiger partial charge in [-0.15, -0.1) is 0 Å². The van der Waals surface area contributed by atoms with E-state index in [-0.39, 0.29) is 74.8 Å². The summed E-state index contributed by atoms with van der Waals surface area (Å²) in [4.78, 5) is -1.07. The van der Waals surface area contributed by atoms with Crippen LogP contribution in [-0.2, 0) is 20.2 Å². The quantitative estimate of drug-likeness (QED) is 0.524. The minimum Gasteiger partial charge on any atom is -0.506 e. The van der Waals surface area contributed by atoms with Crippen molar-refractivity contribution in [3.63, 3.8) is 0 Å². The summed E-state index contributed by atoms with van der Waals surface area (Å²) in [7, 11) is -8.98. The van der Waals surface area contributed by atoms with Gasteiger partial charge in [-0.2, -0.15) is 16.8 Å². The zero-order chi connectivity index (χ0) is 14.4. The molecule has 2 rings (SSSR count). The molecule has 0 unspecified atom stereocenters. The van der Waals surface area contributed by atoms with Crippen LogP contribution in [-0.4, -0.2) is 90.2 Å². The number of phenolic OH excluding ortho intramolecular Hbond substituents is 1. The van der Waals surface area contributed by atoms with Crippen LogP contribution in [0.25, 0.3) is 10.8 Å². The summed E-state index contributed by atoms with van der Waals surface area (Å²) in [6, 6.07) is 5.36. The molecule has 0 heterocycles. The Labute approximate surface area is 165 Å². The van der Waals surface area contributed by atoms with Crippen molar-refractivity contribution < 1.29 is 31.0 Å². The van der Waals surface area contributed by atoms with Gasteiger partial charge in [-0.05, 0) is 35.0 Å². The molecule has 0 aliphatic carbocycles. The van der Waals surface area contributed by atoms with Crippen LogP contribution < -0.4 is 0 Å². The predicted octanol–water partition coefficient (Wildman–Crippen LogP) is 0.277. The molecule has 21 heavy (non-hydrogen) atoms. The zero-order valence-corrected chi connectivity index (χ0v) is 16.8. The Morgan fingerprint density at radius 2 is 1.33 bits per heavy atom. The van der Waals surface area contributed by atoms with Gasteiger partial charge in [0.2, 0.25) is 0 Å². The minimum absolute atomic E-state index is 0. The second-order valence-corrected chi connectivity index (χ2v) is 6.59. The van der Waals surface area contributed by atoms with Gasteiger partial charge in [0.25, 0.3) is 20.2 Å². The summed E-state index contributed by atoms with van der Waals surface area (Å²) in [5.74, 6) is -0.720. The fraction of sp³-hybridized carbons (Fsp3) is 0. The van der Waals surface area contributed by atoms with E-state index in [0.29, 0.717) is 0 Å². The maximum atomic E-state index is 11.0. The van der Waals surface area contributed by atoms with E-state index >= 15 is 0 Å². The van der Waals surface area contributed by atoms with Crippen molar-refractivity contribution in [3.8, 4) is 5.75 Å². The first-order valence-corrected chi connectivity index (χ1v) is 7.69. The molecule has 2 aromatic rings. The van der Waals surface area contributed by atoms with Crippen LogP contribution in [0, 0.1) is 0 Å². The van der Waals surface area contributed by atoms with E-state index in [1.807, 2.05) is 0 Å². The largest absolute Gasteiger partial charge is 0.506 e. The number of phenols is 1. The molecular weight excluding hydrogens is 342 g/mol. The second kappa shape index (κ2) is 7.26. The van der Waals surface area contributed by atoms with Crippen molar-refractivity contribution in [1.82, 2.24) is 0 Å². The van der Waals surface area contributed by atoms with Gasteiger partial charge in [-0.3, -0.25) is 9.11 Å². The summed E-state index contributed by atoms with van der Waals surface area (Å²) in [5, 5.41) is 9.96. The van der Waals surface area contributed by atoms with E-state index in [4.69, 9.17) is 9.11 Å². The first-order chi connectivity index (χ1) is 8.59. The van der Waals surface area contributed by atoms with E-state index in [1.165, 1.54) is 6.07 Å². The van der Waals surface area contributed by atoms with Crippen LogP contribution in [0.2, 0.25) is 0 Å². The van der Waals surface area contributed by atoms with E-state index in [9.17, 15) is 21.9 Å². The van der Waals surface area contributed by atoms with Crippen LogP contribution in [0.1, 0.15) is 0 Å². The van der Waals surface area contributed by atoms with Crippen molar-refractivity contribution in [2.45, 2.75) is 9.79 Å². The molecule has 0 saturated carbocycles. The van der Waals surface area contributed by atoms with Gasteiger partial charge in [-0.25, -0.2) is 0 Å². The Hall–Kier alpha value is 0.320. The fourth-order valence-corrected chi connectivity index (χ4v) is 2.72. The summed E-state index contributed by atoms with van der Waals surface area (Å²) in [6.07, 6.45) is 0. The number of aromatic hydroxyl groups is 1. The molecule has 0 aromatic heterocycles. The minimum atomic E-state index is -4.58. The molecule has 2 radical (unpaired) electrons. The number of benzene rings is 2. The van der Waals surface area contributed by atoms with Gasteiger partial charge >= 0.3 is 0 Å². The third-order valence-electron chi connectivity index (χ3n) is 2.47. The molecule has 0 aliphatic rings. The van der Waals surface area contributed by atoms with Crippen molar-refractivity contribution in [2.75, 3.05) is 0 Å². The first-order valence-electron chi connectivity index (χ1n) is 4.81. The number of hydrogen-bond donors (Lipinski definition) is 3. The molecule has 2 aromatic carbocycles. The molecule has 0 bridgehead atoms. The average molecular weight is 350 g/mol. The number of fused-ring (bicyclic) bond motifs is 1. The van der Waals surface area contributed by atoms with Gasteiger partial charge in [0.1, 0.15) is 10.6 Å². The molecule has 0 spiro atoms. The molecule has 11 heteroatoms. The summed E-state index contributed by atoms with van der Waals surface area (Å²) >= 11 is 0.